The molecule has 3 amide bonds. The molecule has 0 atom stereocenters. The highest BCUT2D eigenvalue weighted by atomic mass is 35.5. The molecule has 16 rings (SSSR count). The zero-order valence-corrected chi connectivity index (χ0v) is 63.9. The van der Waals surface area contributed by atoms with E-state index in [1.54, 1.807) is 45.1 Å². The summed E-state index contributed by atoms with van der Waals surface area (Å²) < 4.78 is 187. The first kappa shape index (κ1) is 82.9. The summed E-state index contributed by atoms with van der Waals surface area (Å²) in [7, 11) is 0. The van der Waals surface area contributed by atoms with Crippen molar-refractivity contribution in [2.75, 3.05) is 21.3 Å². The van der Waals surface area contributed by atoms with Crippen molar-refractivity contribution in [3.8, 4) is 0 Å². The minimum atomic E-state index is -4.43. The number of alkyl halides is 12. The lowest BCUT2D eigenvalue weighted by molar-refractivity contribution is -0.138. The number of aromatic nitrogens is 9. The van der Waals surface area contributed by atoms with Crippen molar-refractivity contribution < 1.29 is 75.8 Å². The second-order valence-electron chi connectivity index (χ2n) is 26.6. The number of anilines is 4. The molecular formula is C85H62ClF14N13O3S2. The first-order valence-corrected chi connectivity index (χ1v) is 37.7. The third-order valence-electron chi connectivity index (χ3n) is 18.3. The fourth-order valence-corrected chi connectivity index (χ4v) is 13.9. The van der Waals surface area contributed by atoms with Gasteiger partial charge in [-0.15, -0.1) is 22.7 Å². The number of rotatable bonds is 17. The normalized spacial score (nSPS) is 11.7. The summed E-state index contributed by atoms with van der Waals surface area (Å²) >= 11 is 8.27. The average Bonchev–Trinajstić information content (AvgIpc) is 1.66. The lowest BCUT2D eigenvalue weighted by atomic mass is 10.1. The first-order valence-electron chi connectivity index (χ1n) is 35.6. The fourth-order valence-electron chi connectivity index (χ4n) is 12.3. The summed E-state index contributed by atoms with van der Waals surface area (Å²) in [6.45, 7) is 5.62. The zero-order valence-electron chi connectivity index (χ0n) is 61.5. The molecule has 0 bridgehead atoms. The number of halogens is 15. The highest BCUT2D eigenvalue weighted by molar-refractivity contribution is 7.14. The summed E-state index contributed by atoms with van der Waals surface area (Å²) in [4.78, 5) is 42.0. The van der Waals surface area contributed by atoms with Crippen molar-refractivity contribution in [1.29, 1.82) is 0 Å². The number of fused-ring (bicyclic) bond motifs is 4. The van der Waals surface area contributed by atoms with E-state index in [4.69, 9.17) is 11.6 Å². The molecule has 16 nitrogen and oxygen atoms in total. The Morgan fingerprint density at radius 1 is 0.390 bits per heavy atom. The Hall–Kier alpha value is -13.1. The minimum Gasteiger partial charge on any atom is -0.364 e. The highest BCUT2D eigenvalue weighted by Gasteiger charge is 2.33. The van der Waals surface area contributed by atoms with E-state index in [1.165, 1.54) is 70.1 Å². The standard InChI is InChI=1S/C23H20F3N3.C22H14F5N3O.C21H16F3N3OS.C19H12ClF3N4OS/c1-16-6-8-17(9-7-16)14-27-22-20-4-2-3-5-21(20)29(28-22)15-18-10-12-19(13-11-18)23(24,25)26;23-15-9-10-18(24)17(11-15)21(31)28-20-16-3-1-2-4-19(16)30(29-20)12-13-5-7-14(8-6-13)22(25,26)27;1-13-10-11-29-18(13)20(28)25-19-16-4-2-3-5-17(16)27(26-19)12-14-6-8-15(9-7-14)21(22,23)24;20-18-24-14(10-29-18)17(28)25-16-13-3-1-2-4-15(13)27(26-16)9-11-5-7-12(8-6-11)19(21,22)23/h2-13H,14-15H2,1H3,(H,27,28);1-11H,12H2,(H,28,29,31);2-11H,12H2,1H3,(H,25,26,28);1-8,10H,9H2,(H,25,26,28). The molecule has 118 heavy (non-hydrogen) atoms. The Morgan fingerprint density at radius 2 is 0.729 bits per heavy atom. The molecule has 10 aromatic carbocycles. The Kier molecular flexibility index (Phi) is 24.7. The summed E-state index contributed by atoms with van der Waals surface area (Å²) in [5, 5.41) is 35.7. The average molecular weight is 1680 g/mol. The maximum atomic E-state index is 13.9. The van der Waals surface area contributed by atoms with Crippen LogP contribution < -0.4 is 21.3 Å². The monoisotopic (exact) mass is 1680 g/mol. The van der Waals surface area contributed by atoms with Crippen molar-refractivity contribution in [2.45, 2.75) is 71.3 Å². The van der Waals surface area contributed by atoms with Gasteiger partial charge in [0.25, 0.3) is 17.7 Å². The van der Waals surface area contributed by atoms with Crippen LogP contribution in [0.4, 0.5) is 84.7 Å². The maximum absolute atomic E-state index is 13.9. The number of carbonyl (C=O) groups excluding carboxylic acids is 3. The Bertz CT molecular complexity index is 6250. The lowest BCUT2D eigenvalue weighted by Gasteiger charge is -2.08. The van der Waals surface area contributed by atoms with Crippen molar-refractivity contribution in [1.82, 2.24) is 44.1 Å². The van der Waals surface area contributed by atoms with Crippen LogP contribution in [0.3, 0.4) is 0 Å². The molecule has 0 unspecified atom stereocenters. The Morgan fingerprint density at radius 3 is 1.08 bits per heavy atom. The molecule has 0 saturated heterocycles. The van der Waals surface area contributed by atoms with Gasteiger partial charge >= 0.3 is 24.7 Å². The van der Waals surface area contributed by atoms with Crippen LogP contribution in [-0.2, 0) is 57.4 Å². The Labute approximate surface area is 674 Å². The van der Waals surface area contributed by atoms with E-state index in [2.05, 4.69) is 70.9 Å². The number of hydrogen-bond donors (Lipinski definition) is 4. The van der Waals surface area contributed by atoms with Gasteiger partial charge in [0.2, 0.25) is 0 Å². The van der Waals surface area contributed by atoms with Crippen LogP contribution in [0.5, 0.6) is 0 Å². The van der Waals surface area contributed by atoms with Gasteiger partial charge in [0.15, 0.2) is 27.7 Å². The molecule has 0 aliphatic heterocycles. The lowest BCUT2D eigenvalue weighted by Crippen LogP contribution is -2.15. The van der Waals surface area contributed by atoms with Crippen molar-refractivity contribution in [3.05, 3.63) is 347 Å². The predicted molar refractivity (Wildman–Crippen MR) is 426 cm³/mol. The van der Waals surface area contributed by atoms with Crippen LogP contribution in [0.2, 0.25) is 4.47 Å². The van der Waals surface area contributed by atoms with Crippen molar-refractivity contribution in [3.63, 3.8) is 0 Å². The summed E-state index contributed by atoms with van der Waals surface area (Å²) in [6.07, 6.45) is -17.5. The van der Waals surface area contributed by atoms with Crippen LogP contribution in [-0.4, -0.2) is 61.8 Å². The van der Waals surface area contributed by atoms with Crippen LogP contribution in [0.25, 0.3) is 43.6 Å². The number of hydrogen-bond acceptors (Lipinski definition) is 11. The smallest absolute Gasteiger partial charge is 0.364 e. The van der Waals surface area contributed by atoms with Gasteiger partial charge in [-0.3, -0.25) is 33.1 Å². The van der Waals surface area contributed by atoms with E-state index in [1.807, 2.05) is 96.7 Å². The van der Waals surface area contributed by atoms with Gasteiger partial charge in [-0.2, -0.15) is 73.1 Å². The topological polar surface area (TPSA) is 184 Å². The predicted octanol–water partition coefficient (Wildman–Crippen LogP) is 22.8. The molecule has 4 N–H and O–H groups in total. The molecule has 6 aromatic heterocycles. The van der Waals surface area contributed by atoms with Gasteiger partial charge in [-0.1, -0.05) is 138 Å². The van der Waals surface area contributed by atoms with Gasteiger partial charge in [0, 0.05) is 33.5 Å². The van der Waals surface area contributed by atoms with E-state index >= 15 is 0 Å². The molecule has 0 fully saturated rings. The number of nitrogens with one attached hydrogen (secondary N) is 4. The number of aryl methyl sites for hydroxylation is 2. The molecule has 6 heterocycles. The molecule has 602 valence electrons. The van der Waals surface area contributed by atoms with E-state index in [-0.39, 0.29) is 41.5 Å². The number of amides is 3. The van der Waals surface area contributed by atoms with E-state index in [0.717, 1.165) is 128 Å². The van der Waals surface area contributed by atoms with Gasteiger partial charge < -0.3 is 21.3 Å². The minimum absolute atomic E-state index is 0.121. The molecule has 0 aliphatic rings. The molecule has 0 spiro atoms. The van der Waals surface area contributed by atoms with E-state index in [9.17, 15) is 75.8 Å². The SMILES string of the molecule is Cc1ccc(CNc2nn(Cc3ccc(C(F)(F)F)cc3)c3ccccc23)cc1.Cc1ccsc1C(=O)Nc1nn(Cc2ccc(C(F)(F)F)cc2)c2ccccc12.O=C(Nc1nn(Cc2ccc(C(F)(F)F)cc2)c2ccccc12)c1cc(F)ccc1F.O=C(Nc1nn(Cc2ccc(C(F)(F)F)cc2)c2ccccc12)c1csc(Cl)n1. The maximum Gasteiger partial charge on any atom is 0.416 e. The molecule has 0 saturated carbocycles. The molecule has 16 aromatic rings. The quantitative estimate of drug-likeness (QED) is 0.0645. The number of para-hydroxylation sites is 4. The fraction of sp³-hybridized carbons (Fsp3) is 0.129. The number of carbonyl (C=O) groups is 3. The molecule has 0 aliphatic carbocycles. The number of benzene rings is 10. The second-order valence-corrected chi connectivity index (χ2v) is 29.0. The van der Waals surface area contributed by atoms with Gasteiger partial charge in [0.1, 0.15) is 17.3 Å². The largest absolute Gasteiger partial charge is 0.416 e. The summed E-state index contributed by atoms with van der Waals surface area (Å²) in [6, 6.07) is 61.8. The van der Waals surface area contributed by atoms with Gasteiger partial charge in [-0.05, 0) is 174 Å². The zero-order chi connectivity index (χ0) is 83.8. The number of thiophene rings is 1. The number of thiazole rings is 1. The number of nitrogens with zero attached hydrogens (tertiary/aromatic N) is 9. The molecular weight excluding hydrogens is 1620 g/mol. The van der Waals surface area contributed by atoms with Crippen LogP contribution in [0.15, 0.2) is 253 Å². The summed E-state index contributed by atoms with van der Waals surface area (Å²) in [5.41, 5.74) is 5.87. The second kappa shape index (κ2) is 35.2. The van der Waals surface area contributed by atoms with E-state index in [0.29, 0.717) is 62.6 Å². The van der Waals surface area contributed by atoms with Gasteiger partial charge in [0.05, 0.1) is 80.9 Å². The highest BCUT2D eigenvalue weighted by Crippen LogP contribution is 2.36. The van der Waals surface area contributed by atoms with Crippen LogP contribution >= 0.6 is 34.3 Å². The van der Waals surface area contributed by atoms with Crippen molar-refractivity contribution in [2.24, 2.45) is 0 Å². The van der Waals surface area contributed by atoms with E-state index < -0.39 is 76.0 Å². The summed E-state index contributed by atoms with van der Waals surface area (Å²) in [5.74, 6) is -1.56. The van der Waals surface area contributed by atoms with Crippen molar-refractivity contribution >= 4 is 119 Å². The van der Waals surface area contributed by atoms with Crippen LogP contribution in [0, 0.1) is 25.5 Å². The van der Waals surface area contributed by atoms with Crippen LogP contribution in [0.1, 0.15) is 91.7 Å². The third-order valence-corrected chi connectivity index (χ3v) is 20.3. The molecule has 0 radical (unpaired) electrons. The molecule has 33 heteroatoms. The first-order chi connectivity index (χ1) is 56.3. The van der Waals surface area contributed by atoms with Gasteiger partial charge in [-0.25, -0.2) is 13.8 Å². The third kappa shape index (κ3) is 20.2. The Balaban J connectivity index is 0.000000136.